The average molecular weight is 330 g/mol. The third-order valence-corrected chi connectivity index (χ3v) is 6.18. The van der Waals surface area contributed by atoms with Crippen molar-refractivity contribution in [2.24, 2.45) is 5.92 Å². The summed E-state index contributed by atoms with van der Waals surface area (Å²) < 4.78 is 6.10. The zero-order valence-electron chi connectivity index (χ0n) is 13.4. The lowest BCUT2D eigenvalue weighted by molar-refractivity contribution is -0.0581. The van der Waals surface area contributed by atoms with E-state index in [4.69, 9.17) is 4.74 Å². The van der Waals surface area contributed by atoms with Gasteiger partial charge in [-0.25, -0.2) is 9.97 Å². The maximum atomic E-state index is 6.10. The Hall–Kier alpha value is -1.24. The molecule has 1 N–H and O–H groups in total. The fraction of sp³-hybridized carbons (Fsp3) is 0.647. The number of ether oxygens (including phenoxy) is 1. The molecule has 2 aliphatic heterocycles. The Morgan fingerprint density at radius 1 is 1.30 bits per heavy atom. The van der Waals surface area contributed by atoms with E-state index in [0.717, 1.165) is 53.9 Å². The van der Waals surface area contributed by atoms with Crippen LogP contribution in [0.4, 0.5) is 5.82 Å². The standard InChI is InChI=1S/C17H22N4OS/c1-10-18-16(14-4-5-23-17(14)19-10)20-12-6-13-9-22-15(11-2-3-11)8-21(13)7-12/h4-5,11-13,15H,2-3,6-9H2,1H3,(H,18,19,20)/t12-,13-,15+/m0/s1. The monoisotopic (exact) mass is 330 g/mol. The molecule has 0 spiro atoms. The second-order valence-corrected chi connectivity index (χ2v) is 8.05. The van der Waals surface area contributed by atoms with Crippen LogP contribution in [-0.4, -0.2) is 52.8 Å². The van der Waals surface area contributed by atoms with E-state index in [-0.39, 0.29) is 0 Å². The quantitative estimate of drug-likeness (QED) is 0.938. The van der Waals surface area contributed by atoms with Gasteiger partial charge < -0.3 is 10.1 Å². The SMILES string of the molecule is Cc1nc(N[C@H]2C[C@H]3CO[C@@H](C4CC4)CN3C2)c2ccsc2n1. The first kappa shape index (κ1) is 14.1. The summed E-state index contributed by atoms with van der Waals surface area (Å²) in [5.41, 5.74) is 0. The highest BCUT2D eigenvalue weighted by atomic mass is 32.1. The Balaban J connectivity index is 1.32. The normalized spacial score (nSPS) is 31.4. The highest BCUT2D eigenvalue weighted by Gasteiger charge is 2.42. The Bertz CT molecular complexity index is 728. The number of anilines is 1. The second kappa shape index (κ2) is 5.40. The number of hydrogen-bond acceptors (Lipinski definition) is 6. The van der Waals surface area contributed by atoms with Crippen LogP contribution in [0.3, 0.4) is 0 Å². The van der Waals surface area contributed by atoms with Crippen LogP contribution >= 0.6 is 11.3 Å². The van der Waals surface area contributed by atoms with E-state index in [0.29, 0.717) is 18.2 Å². The molecule has 0 aromatic carbocycles. The van der Waals surface area contributed by atoms with Crippen molar-refractivity contribution in [2.75, 3.05) is 25.0 Å². The van der Waals surface area contributed by atoms with Crippen molar-refractivity contribution in [2.45, 2.75) is 44.4 Å². The van der Waals surface area contributed by atoms with Crippen molar-refractivity contribution in [3.63, 3.8) is 0 Å². The minimum Gasteiger partial charge on any atom is -0.375 e. The molecule has 2 aromatic rings. The van der Waals surface area contributed by atoms with Gasteiger partial charge in [-0.15, -0.1) is 11.3 Å². The highest BCUT2D eigenvalue weighted by molar-refractivity contribution is 7.16. The number of aromatic nitrogens is 2. The number of nitrogens with one attached hydrogen (secondary N) is 1. The van der Waals surface area contributed by atoms with Gasteiger partial charge in [0.05, 0.1) is 18.1 Å². The number of rotatable bonds is 3. The van der Waals surface area contributed by atoms with E-state index in [1.807, 2.05) is 6.92 Å². The molecule has 23 heavy (non-hydrogen) atoms. The smallest absolute Gasteiger partial charge is 0.138 e. The molecule has 0 amide bonds. The summed E-state index contributed by atoms with van der Waals surface area (Å²) in [7, 11) is 0. The summed E-state index contributed by atoms with van der Waals surface area (Å²) >= 11 is 1.68. The van der Waals surface area contributed by atoms with Gasteiger partial charge in [0.25, 0.3) is 0 Å². The Morgan fingerprint density at radius 2 is 2.22 bits per heavy atom. The van der Waals surface area contributed by atoms with E-state index < -0.39 is 0 Å². The lowest BCUT2D eigenvalue weighted by Crippen LogP contribution is -2.47. The van der Waals surface area contributed by atoms with Gasteiger partial charge in [-0.2, -0.15) is 0 Å². The van der Waals surface area contributed by atoms with Gasteiger partial charge in [-0.1, -0.05) is 0 Å². The molecule has 3 fully saturated rings. The molecule has 4 heterocycles. The van der Waals surface area contributed by atoms with E-state index >= 15 is 0 Å². The van der Waals surface area contributed by atoms with Crippen molar-refractivity contribution >= 4 is 27.4 Å². The van der Waals surface area contributed by atoms with Crippen LogP contribution in [0.25, 0.3) is 10.2 Å². The minimum absolute atomic E-state index is 0.457. The van der Waals surface area contributed by atoms with Crippen LogP contribution < -0.4 is 5.32 Å². The van der Waals surface area contributed by atoms with Gasteiger partial charge in [0, 0.05) is 25.2 Å². The zero-order chi connectivity index (χ0) is 15.4. The van der Waals surface area contributed by atoms with Crippen molar-refractivity contribution in [1.82, 2.24) is 14.9 Å². The predicted molar refractivity (Wildman–Crippen MR) is 92.0 cm³/mol. The van der Waals surface area contributed by atoms with Crippen molar-refractivity contribution in [3.8, 4) is 0 Å². The van der Waals surface area contributed by atoms with Gasteiger partial charge in [0.15, 0.2) is 0 Å². The zero-order valence-corrected chi connectivity index (χ0v) is 14.2. The second-order valence-electron chi connectivity index (χ2n) is 7.15. The van der Waals surface area contributed by atoms with Gasteiger partial charge in [0.2, 0.25) is 0 Å². The van der Waals surface area contributed by atoms with E-state index in [1.54, 1.807) is 11.3 Å². The lowest BCUT2D eigenvalue weighted by atomic mass is 10.1. The van der Waals surface area contributed by atoms with Crippen LogP contribution in [0.15, 0.2) is 11.4 Å². The number of aryl methyl sites for hydroxylation is 1. The summed E-state index contributed by atoms with van der Waals surface area (Å²) in [6, 6.07) is 3.15. The van der Waals surface area contributed by atoms with Crippen LogP contribution in [-0.2, 0) is 4.74 Å². The first-order valence-corrected chi connectivity index (χ1v) is 9.48. The highest BCUT2D eigenvalue weighted by Crippen LogP contribution is 2.38. The summed E-state index contributed by atoms with van der Waals surface area (Å²) in [6.07, 6.45) is 4.35. The number of fused-ring (bicyclic) bond motifs is 2. The molecule has 5 rings (SSSR count). The van der Waals surface area contributed by atoms with E-state index in [2.05, 4.69) is 31.6 Å². The van der Waals surface area contributed by atoms with Gasteiger partial charge in [-0.3, -0.25) is 4.90 Å². The number of thiophene rings is 1. The Kier molecular flexibility index (Phi) is 3.32. The molecule has 1 aliphatic carbocycles. The molecule has 0 unspecified atom stereocenters. The molecule has 0 radical (unpaired) electrons. The molecule has 0 bridgehead atoms. The Morgan fingerprint density at radius 3 is 3.09 bits per heavy atom. The molecule has 2 aromatic heterocycles. The summed E-state index contributed by atoms with van der Waals surface area (Å²) in [5.74, 6) is 2.67. The van der Waals surface area contributed by atoms with Crippen molar-refractivity contribution in [3.05, 3.63) is 17.3 Å². The summed E-state index contributed by atoms with van der Waals surface area (Å²) in [6.45, 7) is 5.09. The minimum atomic E-state index is 0.457. The lowest BCUT2D eigenvalue weighted by Gasteiger charge is -2.35. The number of nitrogens with zero attached hydrogens (tertiary/aromatic N) is 3. The molecule has 2 saturated heterocycles. The largest absolute Gasteiger partial charge is 0.375 e. The maximum absolute atomic E-state index is 6.10. The van der Waals surface area contributed by atoms with E-state index in [9.17, 15) is 0 Å². The molecular formula is C17H22N4OS. The van der Waals surface area contributed by atoms with Crippen molar-refractivity contribution in [1.29, 1.82) is 0 Å². The maximum Gasteiger partial charge on any atom is 0.138 e. The molecule has 122 valence electrons. The van der Waals surface area contributed by atoms with Crippen LogP contribution in [0, 0.1) is 12.8 Å². The molecule has 5 nitrogen and oxygen atoms in total. The first-order chi connectivity index (χ1) is 11.3. The summed E-state index contributed by atoms with van der Waals surface area (Å²) in [5, 5.41) is 6.93. The van der Waals surface area contributed by atoms with E-state index in [1.165, 1.54) is 12.8 Å². The number of morpholine rings is 1. The van der Waals surface area contributed by atoms with Gasteiger partial charge in [-0.05, 0) is 43.6 Å². The fourth-order valence-corrected chi connectivity index (χ4v) is 4.83. The Labute approximate surface area is 140 Å². The fourth-order valence-electron chi connectivity index (χ4n) is 4.02. The predicted octanol–water partition coefficient (Wildman–Crippen LogP) is 2.66. The average Bonchev–Trinajstić information content (AvgIpc) is 3.13. The van der Waals surface area contributed by atoms with Crippen LogP contribution in [0.1, 0.15) is 25.1 Å². The molecular weight excluding hydrogens is 308 g/mol. The molecule has 3 atom stereocenters. The third-order valence-electron chi connectivity index (χ3n) is 5.37. The topological polar surface area (TPSA) is 50.3 Å². The third kappa shape index (κ3) is 2.62. The van der Waals surface area contributed by atoms with Crippen LogP contribution in [0.5, 0.6) is 0 Å². The molecule has 3 aliphatic rings. The van der Waals surface area contributed by atoms with Crippen LogP contribution in [0.2, 0.25) is 0 Å². The van der Waals surface area contributed by atoms with Gasteiger partial charge >= 0.3 is 0 Å². The first-order valence-electron chi connectivity index (χ1n) is 8.60. The summed E-state index contributed by atoms with van der Waals surface area (Å²) in [4.78, 5) is 12.9. The molecule has 6 heteroatoms. The van der Waals surface area contributed by atoms with Crippen molar-refractivity contribution < 1.29 is 4.74 Å². The number of hydrogen-bond donors (Lipinski definition) is 1. The van der Waals surface area contributed by atoms with Gasteiger partial charge in [0.1, 0.15) is 16.5 Å². The molecule has 1 saturated carbocycles.